The molecule has 2 aromatic carbocycles. The highest BCUT2D eigenvalue weighted by Gasteiger charge is 2.08. The molecular formula is C16H11BrFNO. The average molecular weight is 332 g/mol. The SMILES string of the molecule is O=Cc1cn(Cc2ccc(F)cc2)c2ccc(Br)cc12. The van der Waals surface area contributed by atoms with Crippen molar-refractivity contribution in [1.82, 2.24) is 4.57 Å². The van der Waals surface area contributed by atoms with Crippen LogP contribution in [0.3, 0.4) is 0 Å². The quantitative estimate of drug-likeness (QED) is 0.652. The van der Waals surface area contributed by atoms with Crippen LogP contribution in [0, 0.1) is 5.82 Å². The Bertz CT molecular complexity index is 777. The van der Waals surface area contributed by atoms with Crippen LogP contribution in [0.4, 0.5) is 4.39 Å². The molecule has 2 nitrogen and oxygen atoms in total. The van der Waals surface area contributed by atoms with Crippen molar-refractivity contribution in [2.24, 2.45) is 0 Å². The first-order chi connectivity index (χ1) is 9.67. The molecule has 20 heavy (non-hydrogen) atoms. The van der Waals surface area contributed by atoms with Gasteiger partial charge in [0, 0.05) is 33.7 Å². The number of fused-ring (bicyclic) bond motifs is 1. The number of nitrogens with zero attached hydrogens (tertiary/aromatic N) is 1. The lowest BCUT2D eigenvalue weighted by atomic mass is 10.2. The highest BCUT2D eigenvalue weighted by molar-refractivity contribution is 9.10. The summed E-state index contributed by atoms with van der Waals surface area (Å²) >= 11 is 3.41. The van der Waals surface area contributed by atoms with Gasteiger partial charge >= 0.3 is 0 Å². The molecule has 0 spiro atoms. The van der Waals surface area contributed by atoms with Crippen molar-refractivity contribution in [3.63, 3.8) is 0 Å². The van der Waals surface area contributed by atoms with Gasteiger partial charge in [0.1, 0.15) is 5.82 Å². The molecule has 0 saturated carbocycles. The third-order valence-corrected chi connectivity index (χ3v) is 3.76. The lowest BCUT2D eigenvalue weighted by molar-refractivity contribution is 0.112. The number of carbonyl (C=O) groups is 1. The molecule has 0 radical (unpaired) electrons. The third-order valence-electron chi connectivity index (χ3n) is 3.27. The smallest absolute Gasteiger partial charge is 0.152 e. The first kappa shape index (κ1) is 13.1. The second kappa shape index (κ2) is 5.21. The molecule has 0 N–H and O–H groups in total. The van der Waals surface area contributed by atoms with E-state index in [9.17, 15) is 9.18 Å². The fourth-order valence-corrected chi connectivity index (χ4v) is 2.67. The van der Waals surface area contributed by atoms with E-state index >= 15 is 0 Å². The fourth-order valence-electron chi connectivity index (χ4n) is 2.31. The third kappa shape index (κ3) is 2.39. The minimum Gasteiger partial charge on any atom is -0.342 e. The van der Waals surface area contributed by atoms with Crippen molar-refractivity contribution in [2.45, 2.75) is 6.54 Å². The Morgan fingerprint density at radius 1 is 1.15 bits per heavy atom. The van der Waals surface area contributed by atoms with Crippen molar-refractivity contribution in [2.75, 3.05) is 0 Å². The Kier molecular flexibility index (Phi) is 3.40. The highest BCUT2D eigenvalue weighted by atomic mass is 79.9. The Morgan fingerprint density at radius 2 is 1.90 bits per heavy atom. The predicted molar refractivity (Wildman–Crippen MR) is 80.5 cm³/mol. The molecule has 0 aliphatic carbocycles. The molecule has 0 aliphatic heterocycles. The van der Waals surface area contributed by atoms with Crippen LogP contribution < -0.4 is 0 Å². The number of hydrogen-bond acceptors (Lipinski definition) is 1. The van der Waals surface area contributed by atoms with Gasteiger partial charge in [-0.05, 0) is 35.9 Å². The van der Waals surface area contributed by atoms with Crippen molar-refractivity contribution in [3.8, 4) is 0 Å². The highest BCUT2D eigenvalue weighted by Crippen LogP contribution is 2.25. The van der Waals surface area contributed by atoms with Crippen LogP contribution in [0.2, 0.25) is 0 Å². The molecular weight excluding hydrogens is 321 g/mol. The number of aldehydes is 1. The minimum atomic E-state index is -0.247. The normalized spacial score (nSPS) is 10.9. The molecule has 0 aliphatic rings. The van der Waals surface area contributed by atoms with Crippen LogP contribution in [0.5, 0.6) is 0 Å². The summed E-state index contributed by atoms with van der Waals surface area (Å²) in [6, 6.07) is 12.2. The van der Waals surface area contributed by atoms with Gasteiger partial charge < -0.3 is 4.57 Å². The fraction of sp³-hybridized carbons (Fsp3) is 0.0625. The van der Waals surface area contributed by atoms with Gasteiger partial charge in [0.2, 0.25) is 0 Å². The number of hydrogen-bond donors (Lipinski definition) is 0. The summed E-state index contributed by atoms with van der Waals surface area (Å²) in [5, 5.41) is 0.913. The Labute approximate surface area is 124 Å². The average Bonchev–Trinajstić information content (AvgIpc) is 2.78. The van der Waals surface area contributed by atoms with Crippen LogP contribution in [0.15, 0.2) is 53.1 Å². The zero-order chi connectivity index (χ0) is 14.1. The number of halogens is 2. The summed E-state index contributed by atoms with van der Waals surface area (Å²) in [6.45, 7) is 0.603. The topological polar surface area (TPSA) is 22.0 Å². The number of rotatable bonds is 3. The van der Waals surface area contributed by atoms with Crippen molar-refractivity contribution in [1.29, 1.82) is 0 Å². The second-order valence-corrected chi connectivity index (χ2v) is 5.53. The van der Waals surface area contributed by atoms with Crippen molar-refractivity contribution in [3.05, 3.63) is 70.1 Å². The Hall–Kier alpha value is -1.94. The van der Waals surface area contributed by atoms with Crippen molar-refractivity contribution >= 4 is 33.1 Å². The van der Waals surface area contributed by atoms with Gasteiger partial charge in [-0.25, -0.2) is 4.39 Å². The van der Waals surface area contributed by atoms with Gasteiger partial charge in [0.25, 0.3) is 0 Å². The molecule has 0 atom stereocenters. The standard InChI is InChI=1S/C16H11BrFNO/c17-13-3-6-16-15(7-13)12(10-20)9-19(16)8-11-1-4-14(18)5-2-11/h1-7,9-10H,8H2. The summed E-state index contributed by atoms with van der Waals surface area (Å²) in [5.74, 6) is -0.247. The summed E-state index contributed by atoms with van der Waals surface area (Å²) in [5.41, 5.74) is 2.63. The van der Waals surface area contributed by atoms with E-state index in [1.54, 1.807) is 12.1 Å². The maximum absolute atomic E-state index is 12.9. The number of aromatic nitrogens is 1. The molecule has 1 heterocycles. The zero-order valence-corrected chi connectivity index (χ0v) is 12.1. The van der Waals surface area contributed by atoms with E-state index in [2.05, 4.69) is 15.9 Å². The van der Waals surface area contributed by atoms with E-state index in [4.69, 9.17) is 0 Å². The molecule has 4 heteroatoms. The lowest BCUT2D eigenvalue weighted by Crippen LogP contribution is -1.97. The number of benzene rings is 2. The maximum Gasteiger partial charge on any atom is 0.152 e. The van der Waals surface area contributed by atoms with E-state index in [-0.39, 0.29) is 5.82 Å². The van der Waals surface area contributed by atoms with E-state index in [0.717, 1.165) is 27.2 Å². The predicted octanol–water partition coefficient (Wildman–Crippen LogP) is 4.40. The molecule has 3 rings (SSSR count). The second-order valence-electron chi connectivity index (χ2n) is 4.62. The Balaban J connectivity index is 2.07. The molecule has 1 aromatic heterocycles. The monoisotopic (exact) mass is 331 g/mol. The molecule has 0 saturated heterocycles. The van der Waals surface area contributed by atoms with Crippen LogP contribution in [0.25, 0.3) is 10.9 Å². The van der Waals surface area contributed by atoms with Gasteiger partial charge in [0.05, 0.1) is 0 Å². The van der Waals surface area contributed by atoms with Gasteiger partial charge in [-0.2, -0.15) is 0 Å². The molecule has 0 bridgehead atoms. The molecule has 0 amide bonds. The minimum absolute atomic E-state index is 0.247. The van der Waals surface area contributed by atoms with Crippen molar-refractivity contribution < 1.29 is 9.18 Å². The van der Waals surface area contributed by atoms with Gasteiger partial charge in [-0.1, -0.05) is 28.1 Å². The zero-order valence-electron chi connectivity index (χ0n) is 10.5. The molecule has 100 valence electrons. The summed E-state index contributed by atoms with van der Waals surface area (Å²) < 4.78 is 15.9. The van der Waals surface area contributed by atoms with Crippen LogP contribution in [0.1, 0.15) is 15.9 Å². The van der Waals surface area contributed by atoms with Crippen LogP contribution >= 0.6 is 15.9 Å². The molecule has 0 fully saturated rings. The largest absolute Gasteiger partial charge is 0.342 e. The first-order valence-corrected chi connectivity index (χ1v) is 6.95. The van der Waals surface area contributed by atoms with Crippen LogP contribution in [-0.2, 0) is 6.54 Å². The van der Waals surface area contributed by atoms with Gasteiger partial charge in [0.15, 0.2) is 6.29 Å². The molecule has 3 aromatic rings. The maximum atomic E-state index is 12.9. The van der Waals surface area contributed by atoms with Gasteiger partial charge in [-0.3, -0.25) is 4.79 Å². The van der Waals surface area contributed by atoms with E-state index in [1.165, 1.54) is 12.1 Å². The first-order valence-electron chi connectivity index (χ1n) is 6.15. The number of carbonyl (C=O) groups excluding carboxylic acids is 1. The van der Waals surface area contributed by atoms with Gasteiger partial charge in [-0.15, -0.1) is 0 Å². The van der Waals surface area contributed by atoms with E-state index in [1.807, 2.05) is 29.0 Å². The summed E-state index contributed by atoms with van der Waals surface area (Å²) in [7, 11) is 0. The summed E-state index contributed by atoms with van der Waals surface area (Å²) in [4.78, 5) is 11.2. The van der Waals surface area contributed by atoms with Crippen LogP contribution in [-0.4, -0.2) is 10.9 Å². The molecule has 0 unspecified atom stereocenters. The van der Waals surface area contributed by atoms with E-state index in [0.29, 0.717) is 12.1 Å². The Morgan fingerprint density at radius 3 is 2.60 bits per heavy atom. The lowest BCUT2D eigenvalue weighted by Gasteiger charge is -2.05. The van der Waals surface area contributed by atoms with E-state index < -0.39 is 0 Å². The summed E-state index contributed by atoms with van der Waals surface area (Å²) in [6.07, 6.45) is 2.68.